The molecule has 0 saturated carbocycles. The van der Waals surface area contributed by atoms with Gasteiger partial charge in [-0.2, -0.15) is 0 Å². The highest BCUT2D eigenvalue weighted by atomic mass is 79.9. The van der Waals surface area contributed by atoms with Crippen LogP contribution in [0.2, 0.25) is 0 Å². The molecule has 0 atom stereocenters. The Morgan fingerprint density at radius 3 is 2.67 bits per heavy atom. The van der Waals surface area contributed by atoms with E-state index in [1.165, 1.54) is 16.8 Å². The van der Waals surface area contributed by atoms with Crippen LogP contribution in [0.1, 0.15) is 6.92 Å². The maximum absolute atomic E-state index is 11.4. The van der Waals surface area contributed by atoms with Gasteiger partial charge in [0.05, 0.1) is 6.61 Å². The molecule has 0 aliphatic rings. The molecule has 1 heterocycles. The van der Waals surface area contributed by atoms with Gasteiger partial charge in [-0.25, -0.2) is 4.79 Å². The summed E-state index contributed by atoms with van der Waals surface area (Å²) in [4.78, 5) is 33.7. The fraction of sp³-hybridized carbons (Fsp3) is 0.364. The Balaban J connectivity index is 2.52. The molecule has 7 heteroatoms. The predicted octanol–water partition coefficient (Wildman–Crippen LogP) is 0.717. The van der Waals surface area contributed by atoms with Gasteiger partial charge in [0.1, 0.15) is 6.54 Å². The normalized spacial score (nSPS) is 9.89. The molecule has 0 N–H and O–H groups in total. The van der Waals surface area contributed by atoms with Gasteiger partial charge in [-0.1, -0.05) is 0 Å². The minimum absolute atomic E-state index is 0.224. The topological polar surface area (TPSA) is 74.6 Å². The molecule has 6 nitrogen and oxygen atoms in total. The Kier molecular flexibility index (Phi) is 5.57. The van der Waals surface area contributed by atoms with Crippen molar-refractivity contribution in [1.29, 1.82) is 0 Å². The first-order chi connectivity index (χ1) is 8.52. The fourth-order valence-electron chi connectivity index (χ4n) is 1.15. The number of esters is 2. The number of aromatic nitrogens is 1. The number of carbonyl (C=O) groups is 2. The number of hydrogen-bond donors (Lipinski definition) is 0. The largest absolute Gasteiger partial charge is 0.463 e. The summed E-state index contributed by atoms with van der Waals surface area (Å²) >= 11 is 3.18. The van der Waals surface area contributed by atoms with Crippen LogP contribution >= 0.6 is 15.9 Å². The van der Waals surface area contributed by atoms with E-state index in [1.54, 1.807) is 13.0 Å². The molecule has 18 heavy (non-hydrogen) atoms. The van der Waals surface area contributed by atoms with Gasteiger partial charge in [-0.15, -0.1) is 0 Å². The quantitative estimate of drug-likeness (QED) is 0.748. The highest BCUT2D eigenvalue weighted by molar-refractivity contribution is 9.10. The summed E-state index contributed by atoms with van der Waals surface area (Å²) in [5.41, 5.74) is -0.328. The van der Waals surface area contributed by atoms with Crippen molar-refractivity contribution in [3.8, 4) is 0 Å². The molecule has 0 aromatic carbocycles. The lowest BCUT2D eigenvalue weighted by Crippen LogP contribution is -2.26. The van der Waals surface area contributed by atoms with Crippen LogP contribution in [0, 0.1) is 0 Å². The second-order valence-corrected chi connectivity index (χ2v) is 4.19. The summed E-state index contributed by atoms with van der Waals surface area (Å²) in [6.45, 7) is 1.18. The van der Waals surface area contributed by atoms with Gasteiger partial charge in [0.15, 0.2) is 6.61 Å². The van der Waals surface area contributed by atoms with Gasteiger partial charge in [-0.3, -0.25) is 9.59 Å². The lowest BCUT2D eigenvalue weighted by molar-refractivity contribution is -0.158. The van der Waals surface area contributed by atoms with Gasteiger partial charge in [0.2, 0.25) is 0 Å². The zero-order valence-electron chi connectivity index (χ0n) is 9.72. The number of hydrogen-bond acceptors (Lipinski definition) is 5. The van der Waals surface area contributed by atoms with Crippen molar-refractivity contribution < 1.29 is 19.1 Å². The van der Waals surface area contributed by atoms with E-state index in [2.05, 4.69) is 25.4 Å². The first-order valence-corrected chi connectivity index (χ1v) is 5.99. The van der Waals surface area contributed by atoms with Crippen molar-refractivity contribution in [2.45, 2.75) is 13.5 Å². The third kappa shape index (κ3) is 4.70. The number of carbonyl (C=O) groups excluding carboxylic acids is 2. The van der Waals surface area contributed by atoms with Crippen LogP contribution in [0.4, 0.5) is 0 Å². The number of rotatable bonds is 5. The van der Waals surface area contributed by atoms with E-state index in [-0.39, 0.29) is 18.7 Å². The molecule has 0 amide bonds. The van der Waals surface area contributed by atoms with Crippen molar-refractivity contribution in [3.63, 3.8) is 0 Å². The average Bonchev–Trinajstić information content (AvgIpc) is 2.32. The molecule has 0 spiro atoms. The van der Waals surface area contributed by atoms with E-state index in [9.17, 15) is 14.4 Å². The second-order valence-electron chi connectivity index (χ2n) is 3.28. The zero-order valence-corrected chi connectivity index (χ0v) is 11.3. The Morgan fingerprint density at radius 1 is 1.28 bits per heavy atom. The minimum atomic E-state index is -0.678. The summed E-state index contributed by atoms with van der Waals surface area (Å²) < 4.78 is 11.1. The first kappa shape index (κ1) is 14.4. The Morgan fingerprint density at radius 2 is 2.00 bits per heavy atom. The van der Waals surface area contributed by atoms with E-state index < -0.39 is 18.5 Å². The number of ether oxygens (including phenoxy) is 2. The third-order valence-corrected chi connectivity index (χ3v) is 2.37. The van der Waals surface area contributed by atoms with E-state index in [4.69, 9.17) is 0 Å². The summed E-state index contributed by atoms with van der Waals surface area (Å²) in [5, 5.41) is 0. The molecule has 0 bridgehead atoms. The molecule has 1 aromatic rings. The van der Waals surface area contributed by atoms with E-state index >= 15 is 0 Å². The highest BCUT2D eigenvalue weighted by Crippen LogP contribution is 2.04. The Hall–Kier alpha value is -1.63. The molecule has 0 unspecified atom stereocenters. The molecule has 0 aliphatic heterocycles. The van der Waals surface area contributed by atoms with Gasteiger partial charge >= 0.3 is 11.9 Å². The van der Waals surface area contributed by atoms with Gasteiger partial charge in [0, 0.05) is 16.7 Å². The lowest BCUT2D eigenvalue weighted by Gasteiger charge is -2.06. The molecule has 1 rings (SSSR count). The average molecular weight is 318 g/mol. The molecule has 0 aliphatic carbocycles. The molecule has 0 radical (unpaired) electrons. The van der Waals surface area contributed by atoms with Crippen molar-refractivity contribution in [1.82, 2.24) is 4.57 Å². The second kappa shape index (κ2) is 6.95. The molecule has 0 fully saturated rings. The zero-order chi connectivity index (χ0) is 13.5. The summed E-state index contributed by atoms with van der Waals surface area (Å²) in [5.74, 6) is -1.30. The molecular weight excluding hydrogens is 306 g/mol. The van der Waals surface area contributed by atoms with Gasteiger partial charge in [-0.05, 0) is 28.9 Å². The fourth-order valence-corrected chi connectivity index (χ4v) is 1.53. The summed E-state index contributed by atoms with van der Waals surface area (Å²) in [6, 6.07) is 2.89. The minimum Gasteiger partial charge on any atom is -0.463 e. The molecular formula is C11H12BrNO5. The van der Waals surface area contributed by atoms with Gasteiger partial charge in [0.25, 0.3) is 5.56 Å². The van der Waals surface area contributed by atoms with Crippen LogP contribution in [0.15, 0.2) is 27.6 Å². The van der Waals surface area contributed by atoms with Crippen LogP contribution in [0.3, 0.4) is 0 Å². The number of nitrogens with zero attached hydrogens (tertiary/aromatic N) is 1. The maximum Gasteiger partial charge on any atom is 0.344 e. The van der Waals surface area contributed by atoms with E-state index in [0.717, 1.165) is 0 Å². The smallest absolute Gasteiger partial charge is 0.344 e. The molecule has 1 aromatic heterocycles. The van der Waals surface area contributed by atoms with E-state index in [0.29, 0.717) is 4.47 Å². The van der Waals surface area contributed by atoms with Crippen LogP contribution in [0.25, 0.3) is 0 Å². The summed E-state index contributed by atoms with van der Waals surface area (Å²) in [7, 11) is 0. The van der Waals surface area contributed by atoms with Crippen LogP contribution < -0.4 is 5.56 Å². The van der Waals surface area contributed by atoms with Crippen LogP contribution in [-0.4, -0.2) is 29.7 Å². The SMILES string of the molecule is CCOC(=O)COC(=O)Cn1cc(Br)ccc1=O. The van der Waals surface area contributed by atoms with Crippen molar-refractivity contribution in [3.05, 3.63) is 33.2 Å². The third-order valence-electron chi connectivity index (χ3n) is 1.90. The maximum atomic E-state index is 11.4. The van der Waals surface area contributed by atoms with Crippen molar-refractivity contribution >= 4 is 27.9 Å². The predicted molar refractivity (Wildman–Crippen MR) is 66.0 cm³/mol. The summed E-state index contributed by atoms with van der Waals surface area (Å²) in [6.07, 6.45) is 1.47. The van der Waals surface area contributed by atoms with Gasteiger partial charge < -0.3 is 14.0 Å². The first-order valence-electron chi connectivity index (χ1n) is 5.20. The number of halogens is 1. The van der Waals surface area contributed by atoms with E-state index in [1.807, 2.05) is 0 Å². The number of pyridine rings is 1. The standard InChI is InChI=1S/C11H12BrNO5/c1-2-17-11(16)7-18-10(15)6-13-5-8(12)3-4-9(13)14/h3-5H,2,6-7H2,1H3. The monoisotopic (exact) mass is 317 g/mol. The molecule has 98 valence electrons. The Labute approximate surface area is 112 Å². The van der Waals surface area contributed by atoms with Crippen molar-refractivity contribution in [2.24, 2.45) is 0 Å². The van der Waals surface area contributed by atoms with Crippen LogP contribution in [0.5, 0.6) is 0 Å². The Bertz CT molecular complexity index is 496. The van der Waals surface area contributed by atoms with Crippen LogP contribution in [-0.2, 0) is 25.6 Å². The van der Waals surface area contributed by atoms with Crippen molar-refractivity contribution in [2.75, 3.05) is 13.2 Å². The molecule has 0 saturated heterocycles. The highest BCUT2D eigenvalue weighted by Gasteiger charge is 2.09. The lowest BCUT2D eigenvalue weighted by atomic mass is 10.4.